The summed E-state index contributed by atoms with van der Waals surface area (Å²) >= 11 is 0. The number of ether oxygens (including phenoxy) is 1. The van der Waals surface area contributed by atoms with Gasteiger partial charge in [-0.25, -0.2) is 22.9 Å². The fraction of sp³-hybridized carbons (Fsp3) is 0.300. The van der Waals surface area contributed by atoms with E-state index in [9.17, 15) is 27.6 Å². The number of amides is 1. The van der Waals surface area contributed by atoms with E-state index >= 15 is 0 Å². The Morgan fingerprint density at radius 1 is 1.13 bits per heavy atom. The van der Waals surface area contributed by atoms with Gasteiger partial charge in [0.25, 0.3) is 0 Å². The van der Waals surface area contributed by atoms with Crippen LogP contribution in [0.2, 0.25) is 0 Å². The zero-order valence-corrected chi connectivity index (χ0v) is 16.7. The van der Waals surface area contributed by atoms with Crippen molar-refractivity contribution in [2.45, 2.75) is 26.3 Å². The van der Waals surface area contributed by atoms with E-state index in [0.717, 1.165) is 25.1 Å². The van der Waals surface area contributed by atoms with Gasteiger partial charge in [-0.1, -0.05) is 0 Å². The number of halogens is 3. The second-order valence-corrected chi connectivity index (χ2v) is 6.95. The van der Waals surface area contributed by atoms with Crippen molar-refractivity contribution in [3.05, 3.63) is 47.3 Å². The summed E-state index contributed by atoms with van der Waals surface area (Å²) in [5, 5.41) is 5.26. The Morgan fingerprint density at radius 2 is 1.87 bits per heavy atom. The minimum absolute atomic E-state index is 0.141. The number of aromatic nitrogens is 1. The van der Waals surface area contributed by atoms with Crippen LogP contribution in [0.3, 0.4) is 0 Å². The summed E-state index contributed by atoms with van der Waals surface area (Å²) < 4.78 is 46.6. The predicted molar refractivity (Wildman–Crippen MR) is 104 cm³/mol. The minimum Gasteiger partial charge on any atom is -0.390 e. The first-order valence-electron chi connectivity index (χ1n) is 9.31. The van der Waals surface area contributed by atoms with Crippen LogP contribution < -0.4 is 15.5 Å². The van der Waals surface area contributed by atoms with Crippen molar-refractivity contribution in [3.63, 3.8) is 0 Å². The molecule has 1 saturated heterocycles. The van der Waals surface area contributed by atoms with Crippen LogP contribution >= 0.6 is 0 Å². The summed E-state index contributed by atoms with van der Waals surface area (Å²) in [7, 11) is 0. The first kappa shape index (κ1) is 22.1. The highest BCUT2D eigenvalue weighted by Gasteiger charge is 2.29. The molecule has 11 heteroatoms. The molecule has 0 aliphatic carbocycles. The Hall–Kier alpha value is -3.63. The van der Waals surface area contributed by atoms with E-state index in [1.165, 1.54) is 6.92 Å². The second kappa shape index (κ2) is 9.02. The largest absolute Gasteiger partial charge is 0.390 e. The molecule has 1 aromatic carbocycles. The first-order valence-corrected chi connectivity index (χ1v) is 9.31. The van der Waals surface area contributed by atoms with Gasteiger partial charge in [0.05, 0.1) is 5.69 Å². The summed E-state index contributed by atoms with van der Waals surface area (Å²) in [6, 6.07) is 3.30. The van der Waals surface area contributed by atoms with Crippen molar-refractivity contribution in [1.29, 1.82) is 0 Å². The number of esters is 2. The smallest absolute Gasteiger partial charge is 0.349 e. The van der Waals surface area contributed by atoms with Gasteiger partial charge in [-0.3, -0.25) is 9.59 Å². The number of anilines is 3. The average molecular weight is 436 g/mol. The van der Waals surface area contributed by atoms with Crippen molar-refractivity contribution in [1.82, 2.24) is 10.3 Å². The van der Waals surface area contributed by atoms with Gasteiger partial charge in [-0.15, -0.1) is 0 Å². The SMILES string of the molecule is CC(=O)NC1CCN(c2nc(Nc3ccc(F)cc3F)c(C(=O)OC(C)=O)cc2F)C1. The monoisotopic (exact) mass is 436 g/mol. The maximum absolute atomic E-state index is 14.8. The first-order chi connectivity index (χ1) is 14.6. The molecule has 2 aromatic rings. The molecule has 0 bridgehead atoms. The van der Waals surface area contributed by atoms with E-state index in [0.29, 0.717) is 19.0 Å². The fourth-order valence-corrected chi connectivity index (χ4v) is 3.21. The summed E-state index contributed by atoms with van der Waals surface area (Å²) in [5.74, 6) is -5.41. The molecule has 0 spiro atoms. The highest BCUT2D eigenvalue weighted by atomic mass is 19.1. The normalized spacial score (nSPS) is 15.5. The molecule has 0 radical (unpaired) electrons. The van der Waals surface area contributed by atoms with E-state index in [1.54, 1.807) is 4.90 Å². The molecule has 2 heterocycles. The Balaban J connectivity index is 1.98. The number of nitrogens with one attached hydrogen (secondary N) is 2. The molecule has 0 saturated carbocycles. The lowest BCUT2D eigenvalue weighted by Crippen LogP contribution is -2.36. The van der Waals surface area contributed by atoms with Gasteiger partial charge < -0.3 is 20.3 Å². The molecule has 1 fully saturated rings. The number of hydrogen-bond donors (Lipinski definition) is 2. The van der Waals surface area contributed by atoms with Crippen molar-refractivity contribution >= 4 is 35.2 Å². The number of hydrogen-bond acceptors (Lipinski definition) is 7. The van der Waals surface area contributed by atoms with Gasteiger partial charge in [-0.05, 0) is 24.6 Å². The van der Waals surface area contributed by atoms with Gasteiger partial charge >= 0.3 is 11.9 Å². The third-order valence-corrected chi connectivity index (χ3v) is 4.49. The van der Waals surface area contributed by atoms with E-state index in [1.807, 2.05) is 0 Å². The lowest BCUT2D eigenvalue weighted by molar-refractivity contribution is -0.135. The quantitative estimate of drug-likeness (QED) is 0.549. The summed E-state index contributed by atoms with van der Waals surface area (Å²) in [5.41, 5.74) is -0.668. The molecule has 1 unspecified atom stereocenters. The standard InChI is InChI=1S/C20H19F3N4O4/c1-10(28)24-13-5-6-27(9-13)19-16(23)8-14(20(30)31-11(2)29)18(26-19)25-17-4-3-12(21)7-15(17)22/h3-4,7-8,13H,5-6,9H2,1-2H3,(H,24,28)(H,25,26). The molecule has 3 rings (SSSR count). The van der Waals surface area contributed by atoms with Crippen LogP contribution in [0.5, 0.6) is 0 Å². The van der Waals surface area contributed by atoms with Crippen LogP contribution in [0.15, 0.2) is 24.3 Å². The number of carbonyl (C=O) groups is 3. The molecule has 1 aliphatic heterocycles. The van der Waals surface area contributed by atoms with E-state index < -0.39 is 35.0 Å². The van der Waals surface area contributed by atoms with Gasteiger partial charge in [0.1, 0.15) is 23.0 Å². The van der Waals surface area contributed by atoms with Crippen LogP contribution in [0, 0.1) is 17.5 Å². The Morgan fingerprint density at radius 3 is 2.52 bits per heavy atom. The molecule has 8 nitrogen and oxygen atoms in total. The molecular weight excluding hydrogens is 417 g/mol. The summed E-state index contributed by atoms with van der Waals surface area (Å²) in [6.07, 6.45) is 0.546. The van der Waals surface area contributed by atoms with E-state index in [2.05, 4.69) is 20.4 Å². The Labute approximate surface area is 175 Å². The molecule has 2 N–H and O–H groups in total. The maximum Gasteiger partial charge on any atom is 0.349 e. The van der Waals surface area contributed by atoms with E-state index in [4.69, 9.17) is 0 Å². The number of nitrogens with zero attached hydrogens (tertiary/aromatic N) is 2. The van der Waals surface area contributed by atoms with Crippen molar-refractivity contribution in [3.8, 4) is 0 Å². The van der Waals surface area contributed by atoms with E-state index in [-0.39, 0.29) is 35.8 Å². The lowest BCUT2D eigenvalue weighted by Gasteiger charge is -2.21. The van der Waals surface area contributed by atoms with Crippen LogP contribution in [0.1, 0.15) is 30.6 Å². The minimum atomic E-state index is -1.19. The van der Waals surface area contributed by atoms with Crippen molar-refractivity contribution in [2.75, 3.05) is 23.3 Å². The molecule has 1 aliphatic rings. The molecule has 1 atom stereocenters. The highest BCUT2D eigenvalue weighted by Crippen LogP contribution is 2.29. The Bertz CT molecular complexity index is 1050. The van der Waals surface area contributed by atoms with Crippen LogP contribution in [0.25, 0.3) is 0 Å². The topological polar surface area (TPSA) is 101 Å². The predicted octanol–water partition coefficient (Wildman–Crippen LogP) is 2.66. The third-order valence-electron chi connectivity index (χ3n) is 4.49. The Kier molecular flexibility index (Phi) is 6.42. The van der Waals surface area contributed by atoms with Crippen LogP contribution in [-0.2, 0) is 14.3 Å². The average Bonchev–Trinajstić information content (AvgIpc) is 3.11. The second-order valence-electron chi connectivity index (χ2n) is 6.95. The number of pyridine rings is 1. The fourth-order valence-electron chi connectivity index (χ4n) is 3.21. The molecular formula is C20H19F3N4O4. The van der Waals surface area contributed by atoms with Gasteiger partial charge in [0.2, 0.25) is 5.91 Å². The lowest BCUT2D eigenvalue weighted by atomic mass is 10.2. The number of carbonyl (C=O) groups excluding carboxylic acids is 3. The van der Waals surface area contributed by atoms with Crippen molar-refractivity contribution in [2.24, 2.45) is 0 Å². The maximum atomic E-state index is 14.8. The molecule has 164 valence electrons. The summed E-state index contributed by atoms with van der Waals surface area (Å²) in [6.45, 7) is 3.01. The highest BCUT2D eigenvalue weighted by molar-refractivity contribution is 6.00. The summed E-state index contributed by atoms with van der Waals surface area (Å²) in [4.78, 5) is 40.3. The van der Waals surface area contributed by atoms with Gasteiger partial charge in [0, 0.05) is 39.0 Å². The molecule has 1 aromatic heterocycles. The van der Waals surface area contributed by atoms with Crippen LogP contribution in [-0.4, -0.2) is 42.0 Å². The van der Waals surface area contributed by atoms with Crippen molar-refractivity contribution < 1.29 is 32.3 Å². The molecule has 31 heavy (non-hydrogen) atoms. The third kappa shape index (κ3) is 5.30. The number of benzene rings is 1. The van der Waals surface area contributed by atoms with Crippen LogP contribution in [0.4, 0.5) is 30.5 Å². The number of rotatable bonds is 5. The zero-order chi connectivity index (χ0) is 22.7. The van der Waals surface area contributed by atoms with Gasteiger partial charge in [-0.2, -0.15) is 0 Å². The molecule has 1 amide bonds. The van der Waals surface area contributed by atoms with Gasteiger partial charge in [0.15, 0.2) is 11.6 Å². The zero-order valence-electron chi connectivity index (χ0n) is 16.7.